The van der Waals surface area contributed by atoms with Gasteiger partial charge in [-0.2, -0.15) is 5.10 Å². The lowest BCUT2D eigenvalue weighted by Gasteiger charge is -2.34. The van der Waals surface area contributed by atoms with Gasteiger partial charge in [0.1, 0.15) is 12.1 Å². The van der Waals surface area contributed by atoms with Crippen molar-refractivity contribution in [3.05, 3.63) is 30.9 Å². The van der Waals surface area contributed by atoms with Gasteiger partial charge in [-0.15, -0.1) is 0 Å². The highest BCUT2D eigenvalue weighted by Crippen LogP contribution is 2.15. The number of hydrogen-bond acceptors (Lipinski definition) is 5. The van der Waals surface area contributed by atoms with Crippen LogP contribution in [-0.2, 0) is 4.79 Å². The number of carbonyl (C=O) groups is 1. The molecule has 0 radical (unpaired) electrons. The Kier molecular flexibility index (Phi) is 3.32. The Morgan fingerprint density at radius 2 is 1.90 bits per heavy atom. The predicted octanol–water partition coefficient (Wildman–Crippen LogP) is 0.331. The van der Waals surface area contributed by atoms with Crippen LogP contribution in [0.3, 0.4) is 0 Å². The number of nitrogens with zero attached hydrogens (tertiary/aromatic N) is 6. The number of hydrogen-bond donors (Lipinski definition) is 0. The van der Waals surface area contributed by atoms with E-state index in [-0.39, 0.29) is 5.91 Å². The summed E-state index contributed by atoms with van der Waals surface area (Å²) < 4.78 is 1.71. The van der Waals surface area contributed by atoms with E-state index in [0.29, 0.717) is 0 Å². The lowest BCUT2D eigenvalue weighted by atomic mass is 10.3. The molecule has 3 rings (SSSR count). The van der Waals surface area contributed by atoms with Crippen LogP contribution in [0.5, 0.6) is 0 Å². The average Bonchev–Trinajstić information content (AvgIpc) is 3.02. The van der Waals surface area contributed by atoms with Crippen molar-refractivity contribution in [3.8, 4) is 5.82 Å². The fraction of sp³-hybridized carbons (Fsp3) is 0.385. The molecule has 0 aromatic carbocycles. The molecule has 2 aromatic rings. The van der Waals surface area contributed by atoms with Crippen LogP contribution >= 0.6 is 0 Å². The highest BCUT2D eigenvalue weighted by molar-refractivity contribution is 5.73. The van der Waals surface area contributed by atoms with E-state index >= 15 is 0 Å². The number of rotatable bonds is 2. The number of anilines is 1. The third-order valence-electron chi connectivity index (χ3n) is 3.43. The summed E-state index contributed by atoms with van der Waals surface area (Å²) in [6.07, 6.45) is 5.11. The molecule has 7 nitrogen and oxygen atoms in total. The smallest absolute Gasteiger partial charge is 0.219 e. The van der Waals surface area contributed by atoms with Crippen molar-refractivity contribution in [1.29, 1.82) is 0 Å². The lowest BCUT2D eigenvalue weighted by molar-refractivity contribution is -0.129. The zero-order valence-corrected chi connectivity index (χ0v) is 11.3. The van der Waals surface area contributed by atoms with E-state index in [0.717, 1.165) is 37.8 Å². The Balaban J connectivity index is 1.75. The Labute approximate surface area is 116 Å². The summed E-state index contributed by atoms with van der Waals surface area (Å²) in [5.74, 6) is 1.74. The standard InChI is InChI=1S/C13H16N6O/c1-11(20)17-5-7-18(8-6-17)12-9-13(15-10-14-12)19-4-2-3-16-19/h2-4,9-10H,5-8H2,1H3. The fourth-order valence-corrected chi connectivity index (χ4v) is 2.29. The molecule has 20 heavy (non-hydrogen) atoms. The zero-order chi connectivity index (χ0) is 13.9. The van der Waals surface area contributed by atoms with Crippen molar-refractivity contribution < 1.29 is 4.79 Å². The van der Waals surface area contributed by atoms with Crippen molar-refractivity contribution in [3.63, 3.8) is 0 Å². The topological polar surface area (TPSA) is 67.2 Å². The zero-order valence-electron chi connectivity index (χ0n) is 11.3. The molecular formula is C13H16N6O. The Bertz CT molecular complexity index is 589. The van der Waals surface area contributed by atoms with Crippen LogP contribution in [0, 0.1) is 0 Å². The largest absolute Gasteiger partial charge is 0.353 e. The maximum absolute atomic E-state index is 11.3. The second kappa shape index (κ2) is 5.28. The van der Waals surface area contributed by atoms with E-state index in [4.69, 9.17) is 0 Å². The van der Waals surface area contributed by atoms with Gasteiger partial charge in [0.15, 0.2) is 5.82 Å². The quantitative estimate of drug-likeness (QED) is 0.788. The normalized spacial score (nSPS) is 15.4. The molecule has 0 aliphatic carbocycles. The molecule has 0 N–H and O–H groups in total. The van der Waals surface area contributed by atoms with Crippen LogP contribution in [0.15, 0.2) is 30.9 Å². The van der Waals surface area contributed by atoms with E-state index in [1.807, 2.05) is 23.2 Å². The molecular weight excluding hydrogens is 256 g/mol. The highest BCUT2D eigenvalue weighted by Gasteiger charge is 2.19. The lowest BCUT2D eigenvalue weighted by Crippen LogP contribution is -2.48. The second-order valence-corrected chi connectivity index (χ2v) is 4.68. The van der Waals surface area contributed by atoms with E-state index < -0.39 is 0 Å². The van der Waals surface area contributed by atoms with Crippen molar-refractivity contribution in [2.75, 3.05) is 31.1 Å². The number of piperazine rings is 1. The minimum absolute atomic E-state index is 0.129. The summed E-state index contributed by atoms with van der Waals surface area (Å²) in [6, 6.07) is 3.77. The molecule has 2 aromatic heterocycles. The van der Waals surface area contributed by atoms with Crippen LogP contribution < -0.4 is 4.90 Å². The summed E-state index contributed by atoms with van der Waals surface area (Å²) in [5, 5.41) is 4.16. The third kappa shape index (κ3) is 2.47. The van der Waals surface area contributed by atoms with Gasteiger partial charge in [0.25, 0.3) is 0 Å². The summed E-state index contributed by atoms with van der Waals surface area (Å²) in [5.41, 5.74) is 0. The molecule has 0 unspecified atom stereocenters. The van der Waals surface area contributed by atoms with Crippen molar-refractivity contribution >= 4 is 11.7 Å². The second-order valence-electron chi connectivity index (χ2n) is 4.68. The molecule has 1 fully saturated rings. The summed E-state index contributed by atoms with van der Waals surface area (Å²) in [6.45, 7) is 4.65. The molecule has 1 saturated heterocycles. The molecule has 1 amide bonds. The van der Waals surface area contributed by atoms with Crippen molar-refractivity contribution in [2.24, 2.45) is 0 Å². The summed E-state index contributed by atoms with van der Waals surface area (Å²) >= 11 is 0. The minimum Gasteiger partial charge on any atom is -0.353 e. The van der Waals surface area contributed by atoms with Crippen molar-refractivity contribution in [2.45, 2.75) is 6.92 Å². The first-order chi connectivity index (χ1) is 9.74. The van der Waals surface area contributed by atoms with Crippen molar-refractivity contribution in [1.82, 2.24) is 24.6 Å². The highest BCUT2D eigenvalue weighted by atomic mass is 16.2. The van der Waals surface area contributed by atoms with Gasteiger partial charge in [0.05, 0.1) is 0 Å². The van der Waals surface area contributed by atoms with Crippen LogP contribution in [0.2, 0.25) is 0 Å². The minimum atomic E-state index is 0.129. The Morgan fingerprint density at radius 3 is 2.55 bits per heavy atom. The molecule has 1 aliphatic rings. The monoisotopic (exact) mass is 272 g/mol. The molecule has 0 bridgehead atoms. The first-order valence-electron chi connectivity index (χ1n) is 6.56. The van der Waals surface area contributed by atoms with Gasteiger partial charge < -0.3 is 9.80 Å². The number of carbonyl (C=O) groups excluding carboxylic acids is 1. The molecule has 1 aliphatic heterocycles. The van der Waals surface area contributed by atoms with E-state index in [2.05, 4.69) is 20.0 Å². The van der Waals surface area contributed by atoms with Gasteiger partial charge in [0, 0.05) is 51.6 Å². The predicted molar refractivity (Wildman–Crippen MR) is 73.6 cm³/mol. The molecule has 0 saturated carbocycles. The Hall–Kier alpha value is -2.44. The molecule has 104 valence electrons. The first kappa shape index (κ1) is 12.6. The molecule has 0 atom stereocenters. The maximum Gasteiger partial charge on any atom is 0.219 e. The van der Waals surface area contributed by atoms with E-state index in [9.17, 15) is 4.79 Å². The van der Waals surface area contributed by atoms with Crippen LogP contribution in [0.4, 0.5) is 5.82 Å². The van der Waals surface area contributed by atoms with Gasteiger partial charge in [-0.1, -0.05) is 0 Å². The first-order valence-corrected chi connectivity index (χ1v) is 6.56. The van der Waals surface area contributed by atoms with Crippen LogP contribution in [0.1, 0.15) is 6.92 Å². The van der Waals surface area contributed by atoms with Gasteiger partial charge in [-0.05, 0) is 6.07 Å². The van der Waals surface area contributed by atoms with E-state index in [1.165, 1.54) is 0 Å². The van der Waals surface area contributed by atoms with E-state index in [1.54, 1.807) is 24.1 Å². The molecule has 0 spiro atoms. The maximum atomic E-state index is 11.3. The SMILES string of the molecule is CC(=O)N1CCN(c2cc(-n3cccn3)ncn2)CC1. The third-order valence-corrected chi connectivity index (χ3v) is 3.43. The van der Waals surface area contributed by atoms with Crippen LogP contribution in [-0.4, -0.2) is 56.7 Å². The van der Waals surface area contributed by atoms with Gasteiger partial charge >= 0.3 is 0 Å². The van der Waals surface area contributed by atoms with Crippen LogP contribution in [0.25, 0.3) is 5.82 Å². The molecule has 7 heteroatoms. The molecule has 3 heterocycles. The Morgan fingerprint density at radius 1 is 1.15 bits per heavy atom. The summed E-state index contributed by atoms with van der Waals surface area (Å²) in [4.78, 5) is 23.9. The van der Waals surface area contributed by atoms with Gasteiger partial charge in [0.2, 0.25) is 5.91 Å². The van der Waals surface area contributed by atoms with Gasteiger partial charge in [-0.25, -0.2) is 14.6 Å². The van der Waals surface area contributed by atoms with Gasteiger partial charge in [-0.3, -0.25) is 4.79 Å². The number of aromatic nitrogens is 4. The summed E-state index contributed by atoms with van der Waals surface area (Å²) in [7, 11) is 0. The average molecular weight is 272 g/mol. The number of amides is 1. The fourth-order valence-electron chi connectivity index (χ4n) is 2.29.